The number of anilines is 1. The number of benzene rings is 1. The highest BCUT2D eigenvalue weighted by molar-refractivity contribution is 7.18. The molecule has 0 radical (unpaired) electrons. The largest absolute Gasteiger partial charge is 0.383 e. The Kier molecular flexibility index (Phi) is 5.94. The summed E-state index contributed by atoms with van der Waals surface area (Å²) >= 11 is 1.71. The van der Waals surface area contributed by atoms with E-state index in [9.17, 15) is 0 Å². The molecule has 6 heteroatoms. The van der Waals surface area contributed by atoms with E-state index in [1.165, 1.54) is 16.0 Å². The van der Waals surface area contributed by atoms with E-state index < -0.39 is 0 Å². The van der Waals surface area contributed by atoms with Crippen LogP contribution in [0.25, 0.3) is 16.3 Å². The van der Waals surface area contributed by atoms with E-state index in [2.05, 4.69) is 72.0 Å². The summed E-state index contributed by atoms with van der Waals surface area (Å²) in [6.45, 7) is 11.5. The first-order valence-electron chi connectivity index (χ1n) is 10.2. The van der Waals surface area contributed by atoms with Crippen LogP contribution in [0.1, 0.15) is 34.8 Å². The first-order chi connectivity index (χ1) is 14.0. The molecule has 2 N–H and O–H groups in total. The monoisotopic (exact) mass is 407 g/mol. The van der Waals surface area contributed by atoms with E-state index in [1.54, 1.807) is 11.3 Å². The Hall–Kier alpha value is -2.28. The van der Waals surface area contributed by atoms with E-state index >= 15 is 0 Å². The van der Waals surface area contributed by atoms with Crippen molar-refractivity contribution < 1.29 is 0 Å². The van der Waals surface area contributed by atoms with Gasteiger partial charge in [0.1, 0.15) is 16.5 Å². The molecule has 4 rings (SSSR count). The van der Waals surface area contributed by atoms with Gasteiger partial charge in [0.15, 0.2) is 0 Å². The SMILES string of the molecule is Cc1sc2nc(C(C)N3CCN(C/C=C/c4ccccc4)CC3)nc(N)c2c1C. The molecule has 0 aliphatic carbocycles. The molecule has 152 valence electrons. The lowest BCUT2D eigenvalue weighted by Crippen LogP contribution is -2.47. The second-order valence-electron chi connectivity index (χ2n) is 7.76. The lowest BCUT2D eigenvalue weighted by molar-refractivity contribution is 0.107. The fourth-order valence-electron chi connectivity index (χ4n) is 3.88. The molecule has 1 saturated heterocycles. The highest BCUT2D eigenvalue weighted by Crippen LogP contribution is 2.33. The summed E-state index contributed by atoms with van der Waals surface area (Å²) in [5.41, 5.74) is 8.75. The number of rotatable bonds is 5. The molecule has 1 aliphatic rings. The number of piperazine rings is 1. The first-order valence-corrected chi connectivity index (χ1v) is 11.1. The molecule has 2 aromatic heterocycles. The van der Waals surface area contributed by atoms with Crippen LogP contribution in [0.5, 0.6) is 0 Å². The van der Waals surface area contributed by atoms with E-state index in [4.69, 9.17) is 10.7 Å². The third kappa shape index (κ3) is 4.34. The molecule has 29 heavy (non-hydrogen) atoms. The van der Waals surface area contributed by atoms with Crippen molar-refractivity contribution in [2.24, 2.45) is 0 Å². The molecule has 0 bridgehead atoms. The maximum atomic E-state index is 6.28. The van der Waals surface area contributed by atoms with Crippen molar-refractivity contribution in [1.29, 1.82) is 0 Å². The number of nitrogens with two attached hydrogens (primary N) is 1. The van der Waals surface area contributed by atoms with Gasteiger partial charge in [-0.3, -0.25) is 9.80 Å². The second-order valence-corrected chi connectivity index (χ2v) is 8.96. The summed E-state index contributed by atoms with van der Waals surface area (Å²) in [5.74, 6) is 1.46. The number of aromatic nitrogens is 2. The quantitative estimate of drug-likeness (QED) is 0.684. The molecule has 5 nitrogen and oxygen atoms in total. The molecule has 3 heterocycles. The van der Waals surface area contributed by atoms with Gasteiger partial charge in [-0.15, -0.1) is 11.3 Å². The van der Waals surface area contributed by atoms with Gasteiger partial charge in [0.25, 0.3) is 0 Å². The van der Waals surface area contributed by atoms with Gasteiger partial charge in [0.2, 0.25) is 0 Å². The minimum atomic E-state index is 0.173. The van der Waals surface area contributed by atoms with Crippen LogP contribution in [0.3, 0.4) is 0 Å². The normalized spacial score (nSPS) is 17.3. The van der Waals surface area contributed by atoms with E-state index in [0.29, 0.717) is 5.82 Å². The second kappa shape index (κ2) is 8.61. The Bertz CT molecular complexity index is 1000. The van der Waals surface area contributed by atoms with Crippen molar-refractivity contribution in [2.75, 3.05) is 38.5 Å². The minimum absolute atomic E-state index is 0.173. The van der Waals surface area contributed by atoms with Crippen LogP contribution in [-0.2, 0) is 0 Å². The van der Waals surface area contributed by atoms with Crippen molar-refractivity contribution in [3.05, 3.63) is 58.2 Å². The van der Waals surface area contributed by atoms with Gasteiger partial charge < -0.3 is 5.73 Å². The number of hydrogen-bond acceptors (Lipinski definition) is 6. The van der Waals surface area contributed by atoms with Crippen molar-refractivity contribution in [3.8, 4) is 0 Å². The third-order valence-corrected chi connectivity index (χ3v) is 6.98. The van der Waals surface area contributed by atoms with Crippen LogP contribution >= 0.6 is 11.3 Å². The van der Waals surface area contributed by atoms with Crippen molar-refractivity contribution in [3.63, 3.8) is 0 Å². The zero-order chi connectivity index (χ0) is 20.4. The zero-order valence-corrected chi connectivity index (χ0v) is 18.2. The van der Waals surface area contributed by atoms with Gasteiger partial charge in [0, 0.05) is 37.6 Å². The summed E-state index contributed by atoms with van der Waals surface area (Å²) in [4.78, 5) is 16.8. The Morgan fingerprint density at radius 3 is 2.55 bits per heavy atom. The van der Waals surface area contributed by atoms with Gasteiger partial charge in [-0.1, -0.05) is 42.5 Å². The first kappa shape index (κ1) is 20.0. The van der Waals surface area contributed by atoms with Crippen LogP contribution in [0.2, 0.25) is 0 Å². The molecule has 1 unspecified atom stereocenters. The molecule has 0 amide bonds. The molecule has 0 spiro atoms. The Morgan fingerprint density at radius 2 is 1.83 bits per heavy atom. The lowest BCUT2D eigenvalue weighted by atomic mass is 10.2. The van der Waals surface area contributed by atoms with Crippen LogP contribution < -0.4 is 5.73 Å². The fraction of sp³-hybridized carbons (Fsp3) is 0.391. The molecule has 1 aliphatic heterocycles. The Labute approximate surface area is 176 Å². The van der Waals surface area contributed by atoms with Gasteiger partial charge in [-0.25, -0.2) is 9.97 Å². The molecular formula is C23H29N5S. The van der Waals surface area contributed by atoms with Crippen LogP contribution in [0.4, 0.5) is 5.82 Å². The van der Waals surface area contributed by atoms with Crippen molar-refractivity contribution in [2.45, 2.75) is 26.8 Å². The summed E-state index contributed by atoms with van der Waals surface area (Å²) in [6, 6.07) is 10.6. The molecular weight excluding hydrogens is 378 g/mol. The molecule has 0 saturated carbocycles. The Balaban J connectivity index is 1.37. The van der Waals surface area contributed by atoms with Crippen LogP contribution in [0, 0.1) is 13.8 Å². The average molecular weight is 408 g/mol. The van der Waals surface area contributed by atoms with Gasteiger partial charge in [-0.05, 0) is 31.9 Å². The third-order valence-electron chi connectivity index (χ3n) is 5.88. The topological polar surface area (TPSA) is 58.3 Å². The number of nitrogens with zero attached hydrogens (tertiary/aromatic N) is 4. The van der Waals surface area contributed by atoms with Gasteiger partial charge in [0.05, 0.1) is 11.4 Å². The molecule has 3 aromatic rings. The van der Waals surface area contributed by atoms with Crippen molar-refractivity contribution in [1.82, 2.24) is 19.8 Å². The summed E-state index contributed by atoms with van der Waals surface area (Å²) in [5, 5.41) is 1.03. The molecule has 1 atom stereocenters. The zero-order valence-electron chi connectivity index (χ0n) is 17.4. The van der Waals surface area contributed by atoms with Gasteiger partial charge >= 0.3 is 0 Å². The summed E-state index contributed by atoms with van der Waals surface area (Å²) in [6.07, 6.45) is 4.46. The molecule has 1 aromatic carbocycles. The predicted molar refractivity (Wildman–Crippen MR) is 123 cm³/mol. The highest BCUT2D eigenvalue weighted by Gasteiger charge is 2.24. The summed E-state index contributed by atoms with van der Waals surface area (Å²) in [7, 11) is 0. The summed E-state index contributed by atoms with van der Waals surface area (Å²) < 4.78 is 0. The lowest BCUT2D eigenvalue weighted by Gasteiger charge is -2.37. The minimum Gasteiger partial charge on any atom is -0.383 e. The maximum Gasteiger partial charge on any atom is 0.149 e. The van der Waals surface area contributed by atoms with Crippen molar-refractivity contribution >= 4 is 33.4 Å². The standard InChI is InChI=1S/C23H29N5S/c1-16-18(3)29-23-20(16)21(24)25-22(26-23)17(2)28-14-12-27(13-15-28)11-7-10-19-8-5-4-6-9-19/h4-10,17H,11-15H2,1-3H3,(H2,24,25,26)/b10-7+. The predicted octanol–water partition coefficient (Wildman–Crippen LogP) is 4.28. The van der Waals surface area contributed by atoms with Crippen LogP contribution in [-0.4, -0.2) is 52.5 Å². The number of fused-ring (bicyclic) bond motifs is 1. The Morgan fingerprint density at radius 1 is 1.10 bits per heavy atom. The number of nitrogen functional groups attached to an aromatic ring is 1. The molecule has 1 fully saturated rings. The number of thiophene rings is 1. The van der Waals surface area contributed by atoms with E-state index in [-0.39, 0.29) is 6.04 Å². The fourth-order valence-corrected chi connectivity index (χ4v) is 4.93. The number of aryl methyl sites for hydroxylation is 2. The van der Waals surface area contributed by atoms with E-state index in [1.807, 2.05) is 6.07 Å². The maximum absolute atomic E-state index is 6.28. The van der Waals surface area contributed by atoms with Gasteiger partial charge in [-0.2, -0.15) is 0 Å². The number of hydrogen-bond donors (Lipinski definition) is 1. The van der Waals surface area contributed by atoms with Crippen LogP contribution in [0.15, 0.2) is 36.4 Å². The smallest absolute Gasteiger partial charge is 0.149 e. The average Bonchev–Trinajstić information content (AvgIpc) is 3.03. The van der Waals surface area contributed by atoms with E-state index in [0.717, 1.165) is 48.8 Å². The highest BCUT2D eigenvalue weighted by atomic mass is 32.1.